The number of hydrogen-bond donors (Lipinski definition) is 0. The molecule has 0 aliphatic carbocycles. The molecule has 0 aliphatic rings. The highest BCUT2D eigenvalue weighted by atomic mass is 35.5. The molecule has 0 spiro atoms. The van der Waals surface area contributed by atoms with Crippen LogP contribution in [0.3, 0.4) is 0 Å². The Bertz CT molecular complexity index is 196. The molecule has 0 saturated carbocycles. The first-order valence-corrected chi connectivity index (χ1v) is 9.50. The van der Waals surface area contributed by atoms with Gasteiger partial charge in [-0.2, -0.15) is 0 Å². The molecule has 1 atom stereocenters. The molecular formula is C19H37Cl. The zero-order valence-electron chi connectivity index (χ0n) is 14.0. The Balaban J connectivity index is 3.05. The molecule has 0 saturated heterocycles. The molecule has 1 unspecified atom stereocenters. The van der Waals surface area contributed by atoms with Crippen molar-refractivity contribution >= 4 is 11.6 Å². The normalized spacial score (nSPS) is 13.2. The zero-order valence-corrected chi connectivity index (χ0v) is 14.8. The number of halogens is 1. The van der Waals surface area contributed by atoms with E-state index in [0.717, 1.165) is 0 Å². The van der Waals surface area contributed by atoms with E-state index < -0.39 is 0 Å². The van der Waals surface area contributed by atoms with Crippen molar-refractivity contribution in [3.63, 3.8) is 0 Å². The van der Waals surface area contributed by atoms with Crippen LogP contribution in [0.5, 0.6) is 0 Å². The molecule has 0 aromatic carbocycles. The van der Waals surface area contributed by atoms with E-state index in [-0.39, 0.29) is 0 Å². The molecule has 0 aromatic heterocycles. The van der Waals surface area contributed by atoms with Crippen LogP contribution in [-0.4, -0.2) is 5.38 Å². The van der Waals surface area contributed by atoms with Gasteiger partial charge in [0.2, 0.25) is 0 Å². The van der Waals surface area contributed by atoms with Gasteiger partial charge in [-0.1, -0.05) is 76.9 Å². The van der Waals surface area contributed by atoms with Crippen LogP contribution in [0.15, 0.2) is 12.2 Å². The highest BCUT2D eigenvalue weighted by molar-refractivity contribution is 6.20. The van der Waals surface area contributed by atoms with Crippen molar-refractivity contribution in [2.24, 2.45) is 0 Å². The van der Waals surface area contributed by atoms with E-state index in [1.54, 1.807) is 0 Å². The molecule has 0 N–H and O–H groups in total. The Morgan fingerprint density at radius 2 is 1.15 bits per heavy atom. The molecule has 20 heavy (non-hydrogen) atoms. The lowest BCUT2D eigenvalue weighted by Crippen LogP contribution is -1.89. The second kappa shape index (κ2) is 17.1. The molecule has 0 rings (SSSR count). The summed E-state index contributed by atoms with van der Waals surface area (Å²) in [6, 6.07) is 0. The molecule has 0 radical (unpaired) electrons. The predicted molar refractivity (Wildman–Crippen MR) is 94.8 cm³/mol. The molecule has 0 nitrogen and oxygen atoms in total. The maximum absolute atomic E-state index is 5.93. The van der Waals surface area contributed by atoms with Gasteiger partial charge in [-0.15, -0.1) is 11.6 Å². The second-order valence-corrected chi connectivity index (χ2v) is 6.90. The average molecular weight is 301 g/mol. The number of rotatable bonds is 15. The predicted octanol–water partition coefficient (Wildman–Crippen LogP) is 7.65. The van der Waals surface area contributed by atoms with Crippen LogP contribution in [0.2, 0.25) is 0 Å². The topological polar surface area (TPSA) is 0 Å². The summed E-state index contributed by atoms with van der Waals surface area (Å²) in [4.78, 5) is 0. The van der Waals surface area contributed by atoms with E-state index in [4.69, 9.17) is 11.6 Å². The Labute approximate surface area is 133 Å². The maximum Gasteiger partial charge on any atom is 0.0307 e. The zero-order chi connectivity index (χ0) is 14.9. The Morgan fingerprint density at radius 3 is 1.65 bits per heavy atom. The first kappa shape index (κ1) is 20.0. The summed E-state index contributed by atoms with van der Waals surface area (Å²) in [6.45, 7) is 4.37. The number of hydrogen-bond acceptors (Lipinski definition) is 0. The van der Waals surface area contributed by atoms with Crippen LogP contribution < -0.4 is 0 Å². The third kappa shape index (κ3) is 18.0. The highest BCUT2D eigenvalue weighted by Gasteiger charge is 1.95. The number of allylic oxidation sites excluding steroid dienone is 2. The maximum atomic E-state index is 5.93. The van der Waals surface area contributed by atoms with E-state index >= 15 is 0 Å². The standard InChI is InChI=1S/C19H37Cl/c1-3-4-5-6-7-8-9-10-11-12-13-14-15-16-17-18-19(2)20/h10-11,19H,3-9,12-18H2,1-2H3/b11-10-. The Kier molecular flexibility index (Phi) is 17.1. The van der Waals surface area contributed by atoms with Crippen LogP contribution in [0.1, 0.15) is 104 Å². The summed E-state index contributed by atoms with van der Waals surface area (Å²) in [6.07, 6.45) is 23.8. The number of unbranched alkanes of at least 4 members (excludes halogenated alkanes) is 11. The van der Waals surface area contributed by atoms with Gasteiger partial charge in [0.25, 0.3) is 0 Å². The van der Waals surface area contributed by atoms with Crippen molar-refractivity contribution in [1.82, 2.24) is 0 Å². The summed E-state index contributed by atoms with van der Waals surface area (Å²) in [5.41, 5.74) is 0. The Morgan fingerprint density at radius 1 is 0.700 bits per heavy atom. The summed E-state index contributed by atoms with van der Waals surface area (Å²) < 4.78 is 0. The minimum atomic E-state index is 0.361. The van der Waals surface area contributed by atoms with Gasteiger partial charge < -0.3 is 0 Å². The van der Waals surface area contributed by atoms with Gasteiger partial charge in [0.15, 0.2) is 0 Å². The summed E-state index contributed by atoms with van der Waals surface area (Å²) in [5.74, 6) is 0. The number of alkyl halides is 1. The fourth-order valence-corrected chi connectivity index (χ4v) is 2.65. The summed E-state index contributed by atoms with van der Waals surface area (Å²) >= 11 is 5.93. The van der Waals surface area contributed by atoms with Crippen molar-refractivity contribution in [2.75, 3.05) is 0 Å². The van der Waals surface area contributed by atoms with Gasteiger partial charge >= 0.3 is 0 Å². The minimum absolute atomic E-state index is 0.361. The van der Waals surface area contributed by atoms with Gasteiger partial charge in [-0.05, 0) is 39.0 Å². The third-order valence-corrected chi connectivity index (χ3v) is 4.08. The molecule has 0 aromatic rings. The molecule has 0 heterocycles. The highest BCUT2D eigenvalue weighted by Crippen LogP contribution is 2.12. The van der Waals surface area contributed by atoms with Gasteiger partial charge in [0, 0.05) is 5.38 Å². The quantitative estimate of drug-likeness (QED) is 0.165. The third-order valence-electron chi connectivity index (χ3n) is 3.86. The summed E-state index contributed by atoms with van der Waals surface area (Å²) in [7, 11) is 0. The van der Waals surface area contributed by atoms with Gasteiger partial charge in [0.05, 0.1) is 0 Å². The second-order valence-electron chi connectivity index (χ2n) is 6.15. The van der Waals surface area contributed by atoms with E-state index in [0.29, 0.717) is 5.38 Å². The van der Waals surface area contributed by atoms with Crippen LogP contribution in [-0.2, 0) is 0 Å². The van der Waals surface area contributed by atoms with Gasteiger partial charge in [-0.3, -0.25) is 0 Å². The first-order valence-electron chi connectivity index (χ1n) is 9.06. The molecule has 0 bridgehead atoms. The lowest BCUT2D eigenvalue weighted by molar-refractivity contribution is 0.593. The molecule has 0 fully saturated rings. The largest absolute Gasteiger partial charge is 0.123 e. The van der Waals surface area contributed by atoms with Crippen molar-refractivity contribution in [2.45, 2.75) is 109 Å². The minimum Gasteiger partial charge on any atom is -0.123 e. The Hall–Kier alpha value is 0.0300. The van der Waals surface area contributed by atoms with E-state index in [1.165, 1.54) is 89.9 Å². The van der Waals surface area contributed by atoms with E-state index in [2.05, 4.69) is 26.0 Å². The fraction of sp³-hybridized carbons (Fsp3) is 0.895. The smallest absolute Gasteiger partial charge is 0.0307 e. The van der Waals surface area contributed by atoms with Crippen LogP contribution in [0.4, 0.5) is 0 Å². The van der Waals surface area contributed by atoms with Crippen molar-refractivity contribution < 1.29 is 0 Å². The van der Waals surface area contributed by atoms with Gasteiger partial charge in [-0.25, -0.2) is 0 Å². The first-order chi connectivity index (χ1) is 9.77. The lowest BCUT2D eigenvalue weighted by atomic mass is 10.1. The summed E-state index contributed by atoms with van der Waals surface area (Å²) in [5, 5.41) is 0.361. The molecule has 120 valence electrons. The van der Waals surface area contributed by atoms with Crippen molar-refractivity contribution in [1.29, 1.82) is 0 Å². The monoisotopic (exact) mass is 300 g/mol. The van der Waals surface area contributed by atoms with E-state index in [9.17, 15) is 0 Å². The van der Waals surface area contributed by atoms with Crippen LogP contribution >= 0.6 is 11.6 Å². The van der Waals surface area contributed by atoms with E-state index in [1.807, 2.05) is 0 Å². The average Bonchev–Trinajstić information content (AvgIpc) is 2.43. The van der Waals surface area contributed by atoms with Crippen molar-refractivity contribution in [3.05, 3.63) is 12.2 Å². The van der Waals surface area contributed by atoms with Gasteiger partial charge in [0.1, 0.15) is 0 Å². The van der Waals surface area contributed by atoms with Crippen LogP contribution in [0, 0.1) is 0 Å². The fourth-order valence-electron chi connectivity index (χ4n) is 2.50. The molecular weight excluding hydrogens is 264 g/mol. The lowest BCUT2D eigenvalue weighted by Gasteiger charge is -2.02. The van der Waals surface area contributed by atoms with Crippen LogP contribution in [0.25, 0.3) is 0 Å². The SMILES string of the molecule is CCCCCCCC/C=C\CCCCCCCC(C)Cl. The molecule has 0 amide bonds. The van der Waals surface area contributed by atoms with Crippen molar-refractivity contribution in [3.8, 4) is 0 Å². The molecule has 1 heteroatoms. The molecule has 0 aliphatic heterocycles.